The highest BCUT2D eigenvalue weighted by molar-refractivity contribution is 8.27. The summed E-state index contributed by atoms with van der Waals surface area (Å²) >= 11 is 13.1. The SMILES string of the molecule is CCCCc1ccc(N2C(=O)C(=Cc3ccc(OCc4ccccc4Cl)c(OC)c3)SC2=S)cc1. The van der Waals surface area contributed by atoms with Crippen molar-refractivity contribution in [2.75, 3.05) is 12.0 Å². The van der Waals surface area contributed by atoms with E-state index in [-0.39, 0.29) is 5.91 Å². The number of aryl methyl sites for hydroxylation is 1. The van der Waals surface area contributed by atoms with Crippen LogP contribution >= 0.6 is 35.6 Å². The first-order chi connectivity index (χ1) is 17.0. The largest absolute Gasteiger partial charge is 0.493 e. The highest BCUT2D eigenvalue weighted by atomic mass is 35.5. The topological polar surface area (TPSA) is 38.8 Å². The quantitative estimate of drug-likeness (QED) is 0.212. The van der Waals surface area contributed by atoms with Crippen LogP contribution < -0.4 is 14.4 Å². The van der Waals surface area contributed by atoms with Gasteiger partial charge in [-0.2, -0.15) is 0 Å². The van der Waals surface area contributed by atoms with Crippen LogP contribution in [-0.2, 0) is 17.8 Å². The number of unbranched alkanes of at least 4 members (excludes halogenated alkanes) is 1. The third-order valence-corrected chi connectivity index (χ3v) is 7.30. The summed E-state index contributed by atoms with van der Waals surface area (Å²) in [5.41, 5.74) is 3.77. The van der Waals surface area contributed by atoms with E-state index in [2.05, 4.69) is 19.1 Å². The summed E-state index contributed by atoms with van der Waals surface area (Å²) in [6.45, 7) is 2.50. The molecule has 0 aliphatic carbocycles. The smallest absolute Gasteiger partial charge is 0.270 e. The highest BCUT2D eigenvalue weighted by Crippen LogP contribution is 2.37. The van der Waals surface area contributed by atoms with Gasteiger partial charge in [-0.1, -0.05) is 85.3 Å². The Bertz CT molecular complexity index is 1260. The number of methoxy groups -OCH3 is 1. The maximum Gasteiger partial charge on any atom is 0.270 e. The van der Waals surface area contributed by atoms with Crippen LogP contribution in [0.1, 0.15) is 36.5 Å². The van der Waals surface area contributed by atoms with Crippen molar-refractivity contribution in [3.63, 3.8) is 0 Å². The van der Waals surface area contributed by atoms with Crippen molar-refractivity contribution in [3.05, 3.63) is 93.3 Å². The maximum atomic E-state index is 13.2. The lowest BCUT2D eigenvalue weighted by Crippen LogP contribution is -2.27. The Balaban J connectivity index is 1.49. The summed E-state index contributed by atoms with van der Waals surface area (Å²) in [6, 6.07) is 21.2. The van der Waals surface area contributed by atoms with Crippen LogP contribution in [0.3, 0.4) is 0 Å². The first-order valence-electron chi connectivity index (χ1n) is 11.4. The lowest BCUT2D eigenvalue weighted by molar-refractivity contribution is -0.113. The van der Waals surface area contributed by atoms with Crippen molar-refractivity contribution in [1.82, 2.24) is 0 Å². The molecule has 4 nitrogen and oxygen atoms in total. The summed E-state index contributed by atoms with van der Waals surface area (Å²) in [5.74, 6) is 1.04. The van der Waals surface area contributed by atoms with Crippen molar-refractivity contribution in [2.24, 2.45) is 0 Å². The zero-order valence-corrected chi connectivity index (χ0v) is 22.0. The number of hydrogen-bond donors (Lipinski definition) is 0. The van der Waals surface area contributed by atoms with Gasteiger partial charge in [0, 0.05) is 10.6 Å². The Kier molecular flexibility index (Phi) is 8.50. The van der Waals surface area contributed by atoms with Gasteiger partial charge in [0.1, 0.15) is 6.61 Å². The minimum absolute atomic E-state index is 0.126. The number of ether oxygens (including phenoxy) is 2. The third kappa shape index (κ3) is 6.07. The van der Waals surface area contributed by atoms with Crippen molar-refractivity contribution >= 4 is 57.6 Å². The molecule has 1 aliphatic heterocycles. The molecule has 7 heteroatoms. The van der Waals surface area contributed by atoms with Gasteiger partial charge in [-0.15, -0.1) is 0 Å². The number of nitrogens with zero attached hydrogens (tertiary/aromatic N) is 1. The van der Waals surface area contributed by atoms with Crippen molar-refractivity contribution in [2.45, 2.75) is 32.8 Å². The van der Waals surface area contributed by atoms with Gasteiger partial charge in [-0.3, -0.25) is 9.69 Å². The van der Waals surface area contributed by atoms with E-state index in [1.807, 2.05) is 60.7 Å². The second-order valence-electron chi connectivity index (χ2n) is 8.08. The molecule has 3 aromatic rings. The fourth-order valence-corrected chi connectivity index (χ4v) is 5.19. The molecule has 1 fully saturated rings. The van der Waals surface area contributed by atoms with Crippen LogP contribution in [0.4, 0.5) is 5.69 Å². The predicted molar refractivity (Wildman–Crippen MR) is 149 cm³/mol. The fourth-order valence-electron chi connectivity index (χ4n) is 3.70. The number of carbonyl (C=O) groups excluding carboxylic acids is 1. The summed E-state index contributed by atoms with van der Waals surface area (Å²) in [7, 11) is 1.59. The van der Waals surface area contributed by atoms with Gasteiger partial charge in [0.2, 0.25) is 0 Å². The molecule has 1 saturated heterocycles. The molecule has 3 aromatic carbocycles. The van der Waals surface area contributed by atoms with Crippen LogP contribution in [-0.4, -0.2) is 17.3 Å². The number of rotatable bonds is 9. The zero-order valence-electron chi connectivity index (χ0n) is 19.6. The molecular formula is C28H26ClNO3S2. The second kappa shape index (κ2) is 11.8. The van der Waals surface area contributed by atoms with E-state index in [9.17, 15) is 4.79 Å². The van der Waals surface area contributed by atoms with E-state index in [4.69, 9.17) is 33.3 Å². The number of halogens is 1. The molecule has 180 valence electrons. The normalized spacial score (nSPS) is 14.6. The van der Waals surface area contributed by atoms with Gasteiger partial charge in [-0.25, -0.2) is 0 Å². The van der Waals surface area contributed by atoms with Crippen LogP contribution in [0.25, 0.3) is 6.08 Å². The Morgan fingerprint density at radius 1 is 1.06 bits per heavy atom. The number of amides is 1. The average molecular weight is 524 g/mol. The van der Waals surface area contributed by atoms with Crippen LogP contribution in [0.5, 0.6) is 11.5 Å². The molecule has 1 heterocycles. The van der Waals surface area contributed by atoms with E-state index in [0.717, 1.165) is 36.1 Å². The molecule has 0 unspecified atom stereocenters. The van der Waals surface area contributed by atoms with E-state index in [0.29, 0.717) is 32.4 Å². The van der Waals surface area contributed by atoms with Crippen LogP contribution in [0.15, 0.2) is 71.6 Å². The van der Waals surface area contributed by atoms with Crippen molar-refractivity contribution < 1.29 is 14.3 Å². The fraction of sp³-hybridized carbons (Fsp3) is 0.214. The molecule has 4 rings (SSSR count). The second-order valence-corrected chi connectivity index (χ2v) is 10.2. The summed E-state index contributed by atoms with van der Waals surface area (Å²) < 4.78 is 12.0. The van der Waals surface area contributed by atoms with Crippen molar-refractivity contribution in [3.8, 4) is 11.5 Å². The van der Waals surface area contributed by atoms with Gasteiger partial charge in [0.05, 0.1) is 17.7 Å². The van der Waals surface area contributed by atoms with Gasteiger partial charge in [0.15, 0.2) is 15.8 Å². The standard InChI is InChI=1S/C28H26ClNO3S2/c1-3-4-7-19-10-13-22(14-11-19)30-27(31)26(35-28(30)34)17-20-12-15-24(25(16-20)32-2)33-18-21-8-5-6-9-23(21)29/h5-6,8-17H,3-4,7,18H2,1-2H3. The van der Waals surface area contributed by atoms with Crippen LogP contribution in [0.2, 0.25) is 5.02 Å². The predicted octanol–water partition coefficient (Wildman–Crippen LogP) is 7.68. The molecule has 0 atom stereocenters. The summed E-state index contributed by atoms with van der Waals surface area (Å²) in [6.07, 6.45) is 5.17. The number of anilines is 1. The zero-order chi connectivity index (χ0) is 24.8. The molecule has 1 aliphatic rings. The highest BCUT2D eigenvalue weighted by Gasteiger charge is 2.33. The number of benzene rings is 3. The van der Waals surface area contributed by atoms with Gasteiger partial charge < -0.3 is 9.47 Å². The van der Waals surface area contributed by atoms with E-state index < -0.39 is 0 Å². The van der Waals surface area contributed by atoms with Gasteiger partial charge >= 0.3 is 0 Å². The summed E-state index contributed by atoms with van der Waals surface area (Å²) in [4.78, 5) is 15.3. The molecule has 0 spiro atoms. The molecule has 0 aromatic heterocycles. The first kappa shape index (κ1) is 25.3. The van der Waals surface area contributed by atoms with E-state index in [1.165, 1.54) is 17.3 Å². The Hall–Kier alpha value is -2.80. The molecule has 0 saturated carbocycles. The number of carbonyl (C=O) groups is 1. The number of thiocarbonyl (C=S) groups is 1. The Labute approximate surface area is 220 Å². The lowest BCUT2D eigenvalue weighted by Gasteiger charge is -2.15. The third-order valence-electron chi connectivity index (χ3n) is 5.63. The Morgan fingerprint density at radius 3 is 2.54 bits per heavy atom. The van der Waals surface area contributed by atoms with Gasteiger partial charge in [0.25, 0.3) is 5.91 Å². The number of thioether (sulfide) groups is 1. The Morgan fingerprint density at radius 2 is 1.83 bits per heavy atom. The molecule has 0 N–H and O–H groups in total. The van der Waals surface area contributed by atoms with E-state index in [1.54, 1.807) is 12.0 Å². The minimum atomic E-state index is -0.126. The van der Waals surface area contributed by atoms with Gasteiger partial charge in [-0.05, 0) is 60.4 Å². The monoisotopic (exact) mass is 523 g/mol. The molecule has 35 heavy (non-hydrogen) atoms. The van der Waals surface area contributed by atoms with Crippen LogP contribution in [0, 0.1) is 0 Å². The molecule has 0 radical (unpaired) electrons. The molecular weight excluding hydrogens is 498 g/mol. The average Bonchev–Trinajstić information content (AvgIpc) is 3.15. The molecule has 0 bridgehead atoms. The molecule has 1 amide bonds. The first-order valence-corrected chi connectivity index (χ1v) is 13.0. The summed E-state index contributed by atoms with van der Waals surface area (Å²) in [5, 5.41) is 0.653. The minimum Gasteiger partial charge on any atom is -0.493 e. The maximum absolute atomic E-state index is 13.2. The van der Waals surface area contributed by atoms with E-state index >= 15 is 0 Å². The van der Waals surface area contributed by atoms with Crippen molar-refractivity contribution in [1.29, 1.82) is 0 Å². The number of hydrogen-bond acceptors (Lipinski definition) is 5. The lowest BCUT2D eigenvalue weighted by atomic mass is 10.1.